The Bertz CT molecular complexity index is 718. The molecule has 1 atom stereocenters. The van der Waals surface area contributed by atoms with Gasteiger partial charge in [0.15, 0.2) is 11.6 Å². The molecule has 1 heterocycles. The Kier molecular flexibility index (Phi) is 3.51. The van der Waals surface area contributed by atoms with Gasteiger partial charge in [0.05, 0.1) is 6.10 Å². The molecule has 1 nitrogen and oxygen atoms in total. The van der Waals surface area contributed by atoms with E-state index in [-0.39, 0.29) is 12.0 Å². The molecular formula is C16H12F2OS. The molecule has 0 aliphatic heterocycles. The van der Waals surface area contributed by atoms with Crippen LogP contribution in [0.3, 0.4) is 0 Å². The van der Waals surface area contributed by atoms with Crippen molar-refractivity contribution in [1.29, 1.82) is 0 Å². The van der Waals surface area contributed by atoms with E-state index in [0.29, 0.717) is 0 Å². The molecule has 0 fully saturated rings. The van der Waals surface area contributed by atoms with Gasteiger partial charge in [-0.3, -0.25) is 0 Å². The summed E-state index contributed by atoms with van der Waals surface area (Å²) in [6.07, 6.45) is -0.764. The van der Waals surface area contributed by atoms with Crippen LogP contribution in [0.5, 0.6) is 0 Å². The smallest absolute Gasteiger partial charge is 0.162 e. The molecule has 0 saturated carbocycles. The maximum absolute atomic E-state index is 13.6. The van der Waals surface area contributed by atoms with Gasteiger partial charge in [-0.1, -0.05) is 30.3 Å². The van der Waals surface area contributed by atoms with E-state index in [1.54, 1.807) is 0 Å². The summed E-state index contributed by atoms with van der Waals surface area (Å²) < 4.78 is 27.8. The zero-order valence-electron chi connectivity index (χ0n) is 10.5. The lowest BCUT2D eigenvalue weighted by Crippen LogP contribution is -2.03. The van der Waals surface area contributed by atoms with E-state index in [1.807, 2.05) is 30.3 Å². The minimum Gasteiger partial charge on any atom is -0.387 e. The lowest BCUT2D eigenvalue weighted by molar-refractivity contribution is 0.180. The van der Waals surface area contributed by atoms with Crippen LogP contribution in [0.1, 0.15) is 16.5 Å². The van der Waals surface area contributed by atoms with Crippen molar-refractivity contribution in [2.45, 2.75) is 12.5 Å². The zero-order chi connectivity index (χ0) is 14.1. The van der Waals surface area contributed by atoms with Gasteiger partial charge in [0.25, 0.3) is 0 Å². The van der Waals surface area contributed by atoms with Crippen molar-refractivity contribution in [1.82, 2.24) is 0 Å². The standard InChI is InChI=1S/C16H12F2OS/c17-12-6-3-5-11(16(12)18)8-13(19)15-9-10-4-1-2-7-14(10)20-15/h1-7,9,13,19H,8H2. The van der Waals surface area contributed by atoms with Gasteiger partial charge in [0, 0.05) is 16.0 Å². The molecule has 3 rings (SSSR count). The minimum absolute atomic E-state index is 0.0659. The van der Waals surface area contributed by atoms with Gasteiger partial charge in [-0.15, -0.1) is 11.3 Å². The van der Waals surface area contributed by atoms with Crippen LogP contribution in [0.25, 0.3) is 10.1 Å². The molecule has 102 valence electrons. The van der Waals surface area contributed by atoms with Crippen molar-refractivity contribution >= 4 is 21.4 Å². The van der Waals surface area contributed by atoms with Crippen molar-refractivity contribution in [3.63, 3.8) is 0 Å². The molecule has 0 aliphatic carbocycles. The highest BCUT2D eigenvalue weighted by molar-refractivity contribution is 7.19. The maximum Gasteiger partial charge on any atom is 0.162 e. The van der Waals surface area contributed by atoms with Crippen molar-refractivity contribution < 1.29 is 13.9 Å². The predicted octanol–water partition coefficient (Wildman–Crippen LogP) is 4.46. The molecule has 4 heteroatoms. The lowest BCUT2D eigenvalue weighted by atomic mass is 10.1. The van der Waals surface area contributed by atoms with E-state index in [2.05, 4.69) is 0 Å². The summed E-state index contributed by atoms with van der Waals surface area (Å²) in [6.45, 7) is 0. The zero-order valence-corrected chi connectivity index (χ0v) is 11.3. The first-order chi connectivity index (χ1) is 9.65. The number of aliphatic hydroxyl groups excluding tert-OH is 1. The highest BCUT2D eigenvalue weighted by Gasteiger charge is 2.16. The van der Waals surface area contributed by atoms with Crippen molar-refractivity contribution in [3.05, 3.63) is 70.6 Å². The van der Waals surface area contributed by atoms with Crippen molar-refractivity contribution in [2.24, 2.45) is 0 Å². The minimum atomic E-state index is -0.883. The van der Waals surface area contributed by atoms with Crippen LogP contribution in [-0.4, -0.2) is 5.11 Å². The van der Waals surface area contributed by atoms with E-state index in [0.717, 1.165) is 21.0 Å². The average Bonchev–Trinajstić information content (AvgIpc) is 2.88. The summed E-state index contributed by atoms with van der Waals surface area (Å²) >= 11 is 1.47. The molecule has 1 unspecified atom stereocenters. The maximum atomic E-state index is 13.6. The molecule has 0 amide bonds. The second-order valence-corrected chi connectivity index (χ2v) is 5.73. The Balaban J connectivity index is 1.89. The highest BCUT2D eigenvalue weighted by atomic mass is 32.1. The number of thiophene rings is 1. The molecule has 0 spiro atoms. The number of aliphatic hydroxyl groups is 1. The molecule has 0 radical (unpaired) electrons. The van der Waals surface area contributed by atoms with Crippen LogP contribution in [-0.2, 0) is 6.42 Å². The topological polar surface area (TPSA) is 20.2 Å². The van der Waals surface area contributed by atoms with Gasteiger partial charge < -0.3 is 5.11 Å². The van der Waals surface area contributed by atoms with E-state index in [4.69, 9.17) is 0 Å². The normalized spacial score (nSPS) is 12.8. The predicted molar refractivity (Wildman–Crippen MR) is 76.8 cm³/mol. The van der Waals surface area contributed by atoms with E-state index < -0.39 is 17.7 Å². The summed E-state index contributed by atoms with van der Waals surface area (Å²) in [4.78, 5) is 0.759. The van der Waals surface area contributed by atoms with E-state index in [9.17, 15) is 13.9 Å². The van der Waals surface area contributed by atoms with Crippen molar-refractivity contribution in [3.8, 4) is 0 Å². The van der Waals surface area contributed by atoms with Crippen LogP contribution < -0.4 is 0 Å². The fraction of sp³-hybridized carbons (Fsp3) is 0.125. The first-order valence-corrected chi connectivity index (χ1v) is 7.06. The Morgan fingerprint density at radius 2 is 1.85 bits per heavy atom. The SMILES string of the molecule is OC(Cc1cccc(F)c1F)c1cc2ccccc2s1. The fourth-order valence-electron chi connectivity index (χ4n) is 2.18. The number of benzene rings is 2. The largest absolute Gasteiger partial charge is 0.387 e. The number of halogens is 2. The Hall–Kier alpha value is -1.78. The monoisotopic (exact) mass is 290 g/mol. The van der Waals surface area contributed by atoms with Crippen LogP contribution in [0.2, 0.25) is 0 Å². The Labute approximate surface area is 119 Å². The summed E-state index contributed by atoms with van der Waals surface area (Å²) in [6, 6.07) is 13.7. The lowest BCUT2D eigenvalue weighted by Gasteiger charge is -2.09. The number of hydrogen-bond acceptors (Lipinski definition) is 2. The van der Waals surface area contributed by atoms with E-state index in [1.165, 1.54) is 23.5 Å². The van der Waals surface area contributed by atoms with Crippen molar-refractivity contribution in [2.75, 3.05) is 0 Å². The van der Waals surface area contributed by atoms with Gasteiger partial charge in [-0.05, 0) is 29.1 Å². The van der Waals surface area contributed by atoms with Crippen LogP contribution in [0.4, 0.5) is 8.78 Å². The third-order valence-corrected chi connectivity index (χ3v) is 4.44. The molecule has 2 aromatic carbocycles. The third-order valence-electron chi connectivity index (χ3n) is 3.22. The molecule has 3 aromatic rings. The van der Waals surface area contributed by atoms with Gasteiger partial charge in [0.1, 0.15) is 0 Å². The number of fused-ring (bicyclic) bond motifs is 1. The molecular weight excluding hydrogens is 278 g/mol. The fourth-order valence-corrected chi connectivity index (χ4v) is 3.23. The molecule has 1 N–H and O–H groups in total. The molecule has 0 bridgehead atoms. The van der Waals surface area contributed by atoms with Gasteiger partial charge >= 0.3 is 0 Å². The second-order valence-electron chi connectivity index (χ2n) is 4.62. The molecule has 0 saturated heterocycles. The molecule has 20 heavy (non-hydrogen) atoms. The molecule has 0 aliphatic rings. The van der Waals surface area contributed by atoms with Gasteiger partial charge in [0.2, 0.25) is 0 Å². The number of hydrogen-bond donors (Lipinski definition) is 1. The average molecular weight is 290 g/mol. The Morgan fingerprint density at radius 1 is 1.05 bits per heavy atom. The van der Waals surface area contributed by atoms with Gasteiger partial charge in [-0.2, -0.15) is 0 Å². The summed E-state index contributed by atoms with van der Waals surface area (Å²) in [7, 11) is 0. The first kappa shape index (κ1) is 13.2. The number of rotatable bonds is 3. The highest BCUT2D eigenvalue weighted by Crippen LogP contribution is 2.31. The summed E-state index contributed by atoms with van der Waals surface area (Å²) in [5, 5.41) is 11.3. The summed E-state index contributed by atoms with van der Waals surface area (Å²) in [5.41, 5.74) is 0.190. The van der Waals surface area contributed by atoms with Gasteiger partial charge in [-0.25, -0.2) is 8.78 Å². The Morgan fingerprint density at radius 3 is 2.65 bits per heavy atom. The van der Waals surface area contributed by atoms with Crippen LogP contribution >= 0.6 is 11.3 Å². The first-order valence-electron chi connectivity index (χ1n) is 6.24. The molecule has 1 aromatic heterocycles. The van der Waals surface area contributed by atoms with Crippen LogP contribution in [0, 0.1) is 11.6 Å². The second kappa shape index (κ2) is 5.31. The quantitative estimate of drug-likeness (QED) is 0.755. The third kappa shape index (κ3) is 2.44. The van der Waals surface area contributed by atoms with Crippen LogP contribution in [0.15, 0.2) is 48.5 Å². The summed E-state index contributed by atoms with van der Waals surface area (Å²) in [5.74, 6) is -1.77. The van der Waals surface area contributed by atoms with E-state index >= 15 is 0 Å².